The van der Waals surface area contributed by atoms with Crippen molar-refractivity contribution < 1.29 is 4.79 Å². The van der Waals surface area contributed by atoms with Gasteiger partial charge in [0.15, 0.2) is 5.82 Å². The molecule has 22 heavy (non-hydrogen) atoms. The first-order chi connectivity index (χ1) is 10.4. The molecule has 1 N–H and O–H groups in total. The second-order valence-electron chi connectivity index (χ2n) is 5.52. The lowest BCUT2D eigenvalue weighted by molar-refractivity contribution is 0.102. The van der Waals surface area contributed by atoms with Crippen LogP contribution in [0.3, 0.4) is 0 Å². The molecule has 0 saturated heterocycles. The molecule has 0 aliphatic heterocycles. The first-order valence-electron chi connectivity index (χ1n) is 6.98. The molecule has 1 aromatic heterocycles. The largest absolute Gasteiger partial charge is 0.361 e. The van der Waals surface area contributed by atoms with E-state index >= 15 is 0 Å². The van der Waals surface area contributed by atoms with E-state index in [4.69, 9.17) is 0 Å². The van der Waals surface area contributed by atoms with Crippen LogP contribution in [0.5, 0.6) is 0 Å². The van der Waals surface area contributed by atoms with Gasteiger partial charge in [0.2, 0.25) is 5.95 Å². The van der Waals surface area contributed by atoms with E-state index in [2.05, 4.69) is 15.3 Å². The van der Waals surface area contributed by atoms with Gasteiger partial charge in [0, 0.05) is 33.8 Å². The number of hydrogen-bond acceptors (Lipinski definition) is 5. The molecule has 0 atom stereocenters. The van der Waals surface area contributed by atoms with Gasteiger partial charge in [0.25, 0.3) is 5.91 Å². The molecule has 1 amide bonds. The van der Waals surface area contributed by atoms with Crippen LogP contribution in [0.2, 0.25) is 0 Å². The fourth-order valence-electron chi connectivity index (χ4n) is 1.91. The summed E-state index contributed by atoms with van der Waals surface area (Å²) in [5.74, 6) is 1.08. The summed E-state index contributed by atoms with van der Waals surface area (Å²) in [7, 11) is 7.51. The van der Waals surface area contributed by atoms with Crippen molar-refractivity contribution in [1.82, 2.24) is 9.97 Å². The lowest BCUT2D eigenvalue weighted by atomic mass is 10.1. The summed E-state index contributed by atoms with van der Waals surface area (Å²) in [5, 5.41) is 2.87. The molecule has 0 saturated carbocycles. The molecule has 0 aliphatic carbocycles. The summed E-state index contributed by atoms with van der Waals surface area (Å²) >= 11 is 0. The zero-order valence-corrected chi connectivity index (χ0v) is 13.6. The number of nitrogens with zero attached hydrogens (tertiary/aromatic N) is 4. The maximum atomic E-state index is 12.3. The maximum absolute atomic E-state index is 12.3. The van der Waals surface area contributed by atoms with E-state index in [9.17, 15) is 4.79 Å². The van der Waals surface area contributed by atoms with Gasteiger partial charge in [-0.15, -0.1) is 0 Å². The van der Waals surface area contributed by atoms with Gasteiger partial charge >= 0.3 is 0 Å². The van der Waals surface area contributed by atoms with Crippen LogP contribution in [-0.2, 0) is 0 Å². The van der Waals surface area contributed by atoms with Gasteiger partial charge in [-0.2, -0.15) is 4.98 Å². The average molecular weight is 299 g/mol. The van der Waals surface area contributed by atoms with Gasteiger partial charge < -0.3 is 15.1 Å². The number of anilines is 3. The summed E-state index contributed by atoms with van der Waals surface area (Å²) < 4.78 is 0. The molecule has 116 valence electrons. The second-order valence-corrected chi connectivity index (χ2v) is 5.52. The van der Waals surface area contributed by atoms with Crippen LogP contribution in [0.15, 0.2) is 30.5 Å². The highest BCUT2D eigenvalue weighted by Gasteiger charge is 2.14. The number of amides is 1. The van der Waals surface area contributed by atoms with Gasteiger partial charge in [-0.05, 0) is 19.1 Å². The van der Waals surface area contributed by atoms with Gasteiger partial charge in [0.05, 0.1) is 6.20 Å². The minimum absolute atomic E-state index is 0.177. The van der Waals surface area contributed by atoms with Crippen LogP contribution in [0.1, 0.15) is 15.9 Å². The number of nitrogens with one attached hydrogen (secondary N) is 1. The Hall–Kier alpha value is -2.63. The van der Waals surface area contributed by atoms with Crippen molar-refractivity contribution in [2.24, 2.45) is 0 Å². The minimum atomic E-state index is -0.177. The number of benzene rings is 1. The Balaban J connectivity index is 2.28. The normalized spacial score (nSPS) is 10.2. The Kier molecular flexibility index (Phi) is 4.60. The molecule has 0 spiro atoms. The quantitative estimate of drug-likeness (QED) is 0.937. The molecule has 0 unspecified atom stereocenters. The van der Waals surface area contributed by atoms with Crippen molar-refractivity contribution >= 4 is 23.4 Å². The Morgan fingerprint density at radius 1 is 1.05 bits per heavy atom. The second kappa shape index (κ2) is 6.43. The average Bonchev–Trinajstić information content (AvgIpc) is 2.47. The van der Waals surface area contributed by atoms with E-state index in [-0.39, 0.29) is 5.91 Å². The van der Waals surface area contributed by atoms with Gasteiger partial charge in [0.1, 0.15) is 5.69 Å². The van der Waals surface area contributed by atoms with E-state index < -0.39 is 0 Å². The summed E-state index contributed by atoms with van der Waals surface area (Å²) in [4.78, 5) is 24.7. The monoisotopic (exact) mass is 299 g/mol. The highest BCUT2D eigenvalue weighted by atomic mass is 16.1. The summed E-state index contributed by atoms with van der Waals surface area (Å²) in [6, 6.07) is 7.42. The third-order valence-electron chi connectivity index (χ3n) is 3.14. The summed E-state index contributed by atoms with van der Waals surface area (Å²) in [6.07, 6.45) is 1.63. The zero-order chi connectivity index (χ0) is 16.3. The lowest BCUT2D eigenvalue weighted by Crippen LogP contribution is -2.21. The smallest absolute Gasteiger partial charge is 0.255 e. The number of aromatic nitrogens is 2. The van der Waals surface area contributed by atoms with E-state index in [0.29, 0.717) is 23.0 Å². The van der Waals surface area contributed by atoms with Gasteiger partial charge in [-0.1, -0.05) is 17.7 Å². The van der Waals surface area contributed by atoms with Crippen LogP contribution >= 0.6 is 0 Å². The molecule has 0 aliphatic rings. The van der Waals surface area contributed by atoms with Crippen LogP contribution in [0, 0.1) is 6.92 Å². The van der Waals surface area contributed by atoms with Crippen molar-refractivity contribution in [3.8, 4) is 0 Å². The van der Waals surface area contributed by atoms with Crippen LogP contribution < -0.4 is 15.1 Å². The maximum Gasteiger partial charge on any atom is 0.255 e. The predicted molar refractivity (Wildman–Crippen MR) is 89.8 cm³/mol. The molecule has 0 bridgehead atoms. The fourth-order valence-corrected chi connectivity index (χ4v) is 1.91. The highest BCUT2D eigenvalue weighted by Crippen LogP contribution is 2.23. The number of carbonyl (C=O) groups excluding carboxylic acids is 1. The fraction of sp³-hybridized carbons (Fsp3) is 0.312. The molecule has 1 aromatic carbocycles. The lowest BCUT2D eigenvalue weighted by Gasteiger charge is -2.19. The van der Waals surface area contributed by atoms with Crippen molar-refractivity contribution in [2.45, 2.75) is 6.92 Å². The molecule has 2 aromatic rings. The van der Waals surface area contributed by atoms with Crippen molar-refractivity contribution in [3.05, 3.63) is 41.6 Å². The van der Waals surface area contributed by atoms with Crippen molar-refractivity contribution in [1.29, 1.82) is 0 Å². The SMILES string of the molecule is Cc1ccc(C(=O)Nc2cnc(N(C)C)nc2N(C)C)cc1. The molecule has 1 heterocycles. The van der Waals surface area contributed by atoms with Crippen LogP contribution in [0.25, 0.3) is 0 Å². The van der Waals surface area contributed by atoms with Gasteiger partial charge in [-0.3, -0.25) is 4.79 Å². The molecular formula is C16H21N5O. The Labute approximate surface area is 130 Å². The number of rotatable bonds is 4. The molecule has 0 fully saturated rings. The highest BCUT2D eigenvalue weighted by molar-refractivity contribution is 6.05. The standard InChI is InChI=1S/C16H21N5O/c1-11-6-8-12(9-7-11)15(22)18-13-10-17-16(21(4)5)19-14(13)20(2)3/h6-10H,1-5H3,(H,18,22). The number of carbonyl (C=O) groups is 1. The van der Waals surface area contributed by atoms with E-state index in [1.54, 1.807) is 18.3 Å². The molecule has 6 heteroatoms. The third-order valence-corrected chi connectivity index (χ3v) is 3.14. The van der Waals surface area contributed by atoms with Gasteiger partial charge in [-0.25, -0.2) is 4.98 Å². The molecule has 6 nitrogen and oxygen atoms in total. The molecule has 2 rings (SSSR count). The van der Waals surface area contributed by atoms with Crippen molar-refractivity contribution in [2.75, 3.05) is 43.3 Å². The zero-order valence-electron chi connectivity index (χ0n) is 13.6. The van der Waals surface area contributed by atoms with E-state index in [0.717, 1.165) is 5.56 Å². The topological polar surface area (TPSA) is 61.4 Å². The van der Waals surface area contributed by atoms with Crippen LogP contribution in [0.4, 0.5) is 17.5 Å². The van der Waals surface area contributed by atoms with Crippen LogP contribution in [-0.4, -0.2) is 44.1 Å². The number of aryl methyl sites for hydroxylation is 1. The first-order valence-corrected chi connectivity index (χ1v) is 6.98. The molecular weight excluding hydrogens is 278 g/mol. The van der Waals surface area contributed by atoms with Crippen molar-refractivity contribution in [3.63, 3.8) is 0 Å². The first kappa shape index (κ1) is 15.8. The predicted octanol–water partition coefficient (Wildman–Crippen LogP) is 2.17. The third kappa shape index (κ3) is 3.52. The Morgan fingerprint density at radius 2 is 1.68 bits per heavy atom. The van der Waals surface area contributed by atoms with E-state index in [1.165, 1.54) is 0 Å². The number of hydrogen-bond donors (Lipinski definition) is 1. The molecule has 0 radical (unpaired) electrons. The Morgan fingerprint density at radius 3 is 2.23 bits per heavy atom. The summed E-state index contributed by atoms with van der Waals surface area (Å²) in [6.45, 7) is 1.99. The minimum Gasteiger partial charge on any atom is -0.361 e. The van der Waals surface area contributed by atoms with E-state index in [1.807, 2.05) is 57.0 Å². The Bertz CT molecular complexity index is 665. The summed E-state index contributed by atoms with van der Waals surface area (Å²) in [5.41, 5.74) is 2.30.